The smallest absolute Gasteiger partial charge is 0.249 e. The van der Waals surface area contributed by atoms with E-state index in [0.29, 0.717) is 5.88 Å². The third kappa shape index (κ3) is 3.44. The molecule has 0 aliphatic carbocycles. The van der Waals surface area contributed by atoms with Crippen LogP contribution in [0.25, 0.3) is 0 Å². The number of hydrogen-bond acceptors (Lipinski definition) is 3. The molecule has 1 aliphatic rings. The van der Waals surface area contributed by atoms with Crippen molar-refractivity contribution in [3.63, 3.8) is 0 Å². The number of nitrogens with zero attached hydrogens (tertiary/aromatic N) is 1. The van der Waals surface area contributed by atoms with E-state index in [-0.39, 0.29) is 16.8 Å². The highest BCUT2D eigenvalue weighted by molar-refractivity contribution is 8.00. The van der Waals surface area contributed by atoms with Gasteiger partial charge in [-0.3, -0.25) is 9.59 Å². The number of rotatable bonds is 4. The summed E-state index contributed by atoms with van der Waals surface area (Å²) in [4.78, 5) is 27.0. The largest absolute Gasteiger partial charge is 0.321 e. The Morgan fingerprint density at radius 1 is 1.19 bits per heavy atom. The summed E-state index contributed by atoms with van der Waals surface area (Å²) in [6.07, 6.45) is 0. The van der Waals surface area contributed by atoms with Gasteiger partial charge in [0.15, 0.2) is 0 Å². The average molecular weight is 376 g/mol. The number of carbonyl (C=O) groups excluding carboxylic acids is 2. The van der Waals surface area contributed by atoms with Gasteiger partial charge in [0.2, 0.25) is 11.8 Å². The molecule has 0 aromatic heterocycles. The molecule has 1 heterocycles. The summed E-state index contributed by atoms with van der Waals surface area (Å²) in [5.41, 5.74) is -0.591. The van der Waals surface area contributed by atoms with Gasteiger partial charge in [-0.05, 0) is 31.5 Å². The lowest BCUT2D eigenvalue weighted by molar-refractivity contribution is -0.140. The minimum Gasteiger partial charge on any atom is -0.321 e. The third-order valence-corrected chi connectivity index (χ3v) is 5.58. The zero-order valence-corrected chi connectivity index (χ0v) is 15.1. The lowest BCUT2D eigenvalue weighted by Crippen LogP contribution is -2.53. The van der Waals surface area contributed by atoms with E-state index in [1.54, 1.807) is 13.8 Å². The van der Waals surface area contributed by atoms with Crippen LogP contribution in [0.2, 0.25) is 0 Å². The zero-order valence-electron chi connectivity index (χ0n) is 14.3. The lowest BCUT2D eigenvalue weighted by atomic mass is 10.0. The van der Waals surface area contributed by atoms with Gasteiger partial charge in [0.05, 0.1) is 11.6 Å². The highest BCUT2D eigenvalue weighted by Crippen LogP contribution is 2.40. The van der Waals surface area contributed by atoms with Gasteiger partial charge in [0.25, 0.3) is 0 Å². The summed E-state index contributed by atoms with van der Waals surface area (Å²) in [7, 11) is 0. The minimum absolute atomic E-state index is 0.180. The van der Waals surface area contributed by atoms with Crippen LogP contribution in [0, 0.1) is 11.6 Å². The number of benzene rings is 2. The highest BCUT2D eigenvalue weighted by Gasteiger charge is 2.45. The molecule has 1 aliphatic heterocycles. The maximum atomic E-state index is 13.8. The van der Waals surface area contributed by atoms with E-state index in [1.165, 1.54) is 16.7 Å². The standard InChI is InChI=1S/C19H18F2N2O2S/c1-19(2,18(25)22-15-10-13(20)8-9-14(15)21)23-11-26-16(17(23)24)12-6-4-3-5-7-12/h3-10,16H,11H2,1-2H3,(H,22,25). The van der Waals surface area contributed by atoms with Crippen molar-refractivity contribution in [1.29, 1.82) is 0 Å². The molecule has 0 spiro atoms. The van der Waals surface area contributed by atoms with Crippen LogP contribution < -0.4 is 5.32 Å². The molecular formula is C19H18F2N2O2S. The molecule has 1 N–H and O–H groups in total. The number of halogens is 2. The summed E-state index contributed by atoms with van der Waals surface area (Å²) >= 11 is 1.43. The first-order valence-corrected chi connectivity index (χ1v) is 9.10. The summed E-state index contributed by atoms with van der Waals surface area (Å²) in [5, 5.41) is 2.01. The third-order valence-electron chi connectivity index (χ3n) is 4.37. The predicted molar refractivity (Wildman–Crippen MR) is 97.6 cm³/mol. The molecule has 2 amide bonds. The molecule has 0 saturated carbocycles. The normalized spacial score (nSPS) is 17.5. The van der Waals surface area contributed by atoms with Crippen LogP contribution in [0.5, 0.6) is 0 Å². The minimum atomic E-state index is -1.22. The number of carbonyl (C=O) groups is 2. The van der Waals surface area contributed by atoms with Crippen molar-refractivity contribution in [2.24, 2.45) is 0 Å². The molecule has 0 radical (unpaired) electrons. The summed E-state index contributed by atoms with van der Waals surface area (Å²) < 4.78 is 27.1. The number of nitrogens with one attached hydrogen (secondary N) is 1. The molecule has 1 saturated heterocycles. The van der Waals surface area contributed by atoms with E-state index in [4.69, 9.17) is 0 Å². The van der Waals surface area contributed by atoms with Gasteiger partial charge in [-0.25, -0.2) is 8.78 Å². The van der Waals surface area contributed by atoms with Gasteiger partial charge >= 0.3 is 0 Å². The highest BCUT2D eigenvalue weighted by atomic mass is 32.2. The van der Waals surface area contributed by atoms with Crippen LogP contribution in [-0.2, 0) is 9.59 Å². The second-order valence-electron chi connectivity index (χ2n) is 6.49. The number of amides is 2. The van der Waals surface area contributed by atoms with Crippen molar-refractivity contribution >= 4 is 29.3 Å². The fourth-order valence-corrected chi connectivity index (χ4v) is 4.09. The fraction of sp³-hybridized carbons (Fsp3) is 0.263. The molecule has 4 nitrogen and oxygen atoms in total. The molecule has 7 heteroatoms. The van der Waals surface area contributed by atoms with Crippen molar-refractivity contribution in [3.05, 3.63) is 65.7 Å². The van der Waals surface area contributed by atoms with E-state index in [2.05, 4.69) is 5.32 Å². The van der Waals surface area contributed by atoms with Gasteiger partial charge < -0.3 is 10.2 Å². The topological polar surface area (TPSA) is 49.4 Å². The fourth-order valence-electron chi connectivity index (χ4n) is 2.72. The van der Waals surface area contributed by atoms with E-state index in [9.17, 15) is 18.4 Å². The van der Waals surface area contributed by atoms with Crippen molar-refractivity contribution in [3.8, 4) is 0 Å². The lowest BCUT2D eigenvalue weighted by Gasteiger charge is -2.33. The van der Waals surface area contributed by atoms with E-state index in [1.807, 2.05) is 30.3 Å². The van der Waals surface area contributed by atoms with E-state index >= 15 is 0 Å². The number of hydrogen-bond donors (Lipinski definition) is 1. The summed E-state index contributed by atoms with van der Waals surface area (Å²) in [5.74, 6) is -1.81. The molecule has 136 valence electrons. The Morgan fingerprint density at radius 2 is 1.88 bits per heavy atom. The quantitative estimate of drug-likeness (QED) is 0.879. The average Bonchev–Trinajstić information content (AvgIpc) is 3.01. The predicted octanol–water partition coefficient (Wildman–Crippen LogP) is 3.96. The van der Waals surface area contributed by atoms with Gasteiger partial charge in [0, 0.05) is 6.07 Å². The summed E-state index contributed by atoms with van der Waals surface area (Å²) in [6.45, 7) is 3.18. The maximum Gasteiger partial charge on any atom is 0.249 e. The Hall–Kier alpha value is -2.41. The molecule has 3 rings (SSSR count). The molecule has 26 heavy (non-hydrogen) atoms. The first kappa shape index (κ1) is 18.4. The van der Waals surface area contributed by atoms with Crippen molar-refractivity contribution < 1.29 is 18.4 Å². The second-order valence-corrected chi connectivity index (χ2v) is 7.55. The number of anilines is 1. The maximum absolute atomic E-state index is 13.8. The first-order chi connectivity index (χ1) is 12.3. The van der Waals surface area contributed by atoms with Crippen LogP contribution >= 0.6 is 11.8 Å². The molecule has 2 aromatic carbocycles. The Bertz CT molecular complexity index is 843. The molecule has 1 unspecified atom stereocenters. The Balaban J connectivity index is 1.78. The Kier molecular flexibility index (Phi) is 5.00. The number of thioether (sulfide) groups is 1. The molecule has 0 bridgehead atoms. The van der Waals surface area contributed by atoms with E-state index in [0.717, 1.165) is 23.8 Å². The molecule has 1 fully saturated rings. The van der Waals surface area contributed by atoms with Crippen LogP contribution in [0.1, 0.15) is 24.7 Å². The SMILES string of the molecule is CC(C)(C(=O)Nc1cc(F)ccc1F)N1CSC(c2ccccc2)C1=O. The van der Waals surface area contributed by atoms with Crippen LogP contribution in [0.3, 0.4) is 0 Å². The van der Waals surface area contributed by atoms with Gasteiger partial charge in [-0.1, -0.05) is 30.3 Å². The zero-order chi connectivity index (χ0) is 18.9. The van der Waals surface area contributed by atoms with Crippen LogP contribution in [0.4, 0.5) is 14.5 Å². The first-order valence-electron chi connectivity index (χ1n) is 8.05. The van der Waals surface area contributed by atoms with Gasteiger partial charge in [-0.15, -0.1) is 11.8 Å². The van der Waals surface area contributed by atoms with Crippen molar-refractivity contribution in [2.75, 3.05) is 11.2 Å². The van der Waals surface area contributed by atoms with Gasteiger partial charge in [-0.2, -0.15) is 0 Å². The van der Waals surface area contributed by atoms with Crippen LogP contribution in [0.15, 0.2) is 48.5 Å². The Labute approximate surface area is 154 Å². The summed E-state index contributed by atoms with van der Waals surface area (Å²) in [6, 6.07) is 12.2. The second kappa shape index (κ2) is 7.07. The molecule has 1 atom stereocenters. The van der Waals surface area contributed by atoms with Gasteiger partial charge in [0.1, 0.15) is 22.4 Å². The van der Waals surface area contributed by atoms with Crippen molar-refractivity contribution in [1.82, 2.24) is 4.90 Å². The molecule has 2 aromatic rings. The Morgan fingerprint density at radius 3 is 2.58 bits per heavy atom. The molecular weight excluding hydrogens is 358 g/mol. The van der Waals surface area contributed by atoms with E-state index < -0.39 is 23.1 Å². The van der Waals surface area contributed by atoms with Crippen molar-refractivity contribution in [2.45, 2.75) is 24.6 Å². The van der Waals surface area contributed by atoms with Crippen LogP contribution in [-0.4, -0.2) is 28.1 Å². The monoisotopic (exact) mass is 376 g/mol.